The minimum Gasteiger partial charge on any atom is -0.377 e. The molecule has 0 aromatic rings. The normalized spacial score (nSPS) is 29.1. The molecule has 2 rings (SSSR count). The molecule has 3 nitrogen and oxygen atoms in total. The molecule has 3 heteroatoms. The highest BCUT2D eigenvalue weighted by atomic mass is 16.5. The predicted octanol–water partition coefficient (Wildman–Crippen LogP) is 0.801. The van der Waals surface area contributed by atoms with E-state index in [-0.39, 0.29) is 0 Å². The van der Waals surface area contributed by atoms with Gasteiger partial charge in [-0.15, -0.1) is 0 Å². The Hall–Kier alpha value is -0.120. The van der Waals surface area contributed by atoms with Gasteiger partial charge in [-0.2, -0.15) is 0 Å². The molecule has 2 aliphatic rings. The molecule has 2 fully saturated rings. The fraction of sp³-hybridized carbons (Fsp3) is 1.00. The highest BCUT2D eigenvalue weighted by Gasteiger charge is 2.40. The second-order valence-corrected chi connectivity index (χ2v) is 5.11. The van der Waals surface area contributed by atoms with Crippen LogP contribution in [0.15, 0.2) is 0 Å². The Bertz CT molecular complexity index is 193. The van der Waals surface area contributed by atoms with E-state index in [0.29, 0.717) is 11.6 Å². The molecule has 0 aromatic carbocycles. The van der Waals surface area contributed by atoms with Gasteiger partial charge >= 0.3 is 0 Å². The predicted molar refractivity (Wildman–Crippen MR) is 57.5 cm³/mol. The maximum atomic E-state index is 5.31. The third-order valence-corrected chi connectivity index (χ3v) is 3.63. The third kappa shape index (κ3) is 1.81. The highest BCUT2D eigenvalue weighted by molar-refractivity contribution is 4.94. The van der Waals surface area contributed by atoms with Crippen molar-refractivity contribution in [1.82, 2.24) is 9.80 Å². The van der Waals surface area contributed by atoms with E-state index in [2.05, 4.69) is 30.6 Å². The first-order valence-corrected chi connectivity index (χ1v) is 5.69. The summed E-state index contributed by atoms with van der Waals surface area (Å²) >= 11 is 0. The summed E-state index contributed by atoms with van der Waals surface area (Å²) in [5.41, 5.74) is 0.350. The topological polar surface area (TPSA) is 15.7 Å². The molecule has 0 saturated carbocycles. The first-order chi connectivity index (χ1) is 6.62. The van der Waals surface area contributed by atoms with Gasteiger partial charge in [-0.25, -0.2) is 0 Å². The molecular formula is C11H22N2O. The monoisotopic (exact) mass is 198 g/mol. The molecule has 14 heavy (non-hydrogen) atoms. The van der Waals surface area contributed by atoms with Crippen molar-refractivity contribution in [1.29, 1.82) is 0 Å². The maximum Gasteiger partial charge on any atom is 0.0671 e. The van der Waals surface area contributed by atoms with Crippen LogP contribution in [-0.4, -0.2) is 60.8 Å². The van der Waals surface area contributed by atoms with Gasteiger partial charge in [-0.05, 0) is 20.8 Å². The molecule has 0 spiro atoms. The Labute approximate surface area is 87.0 Å². The molecule has 0 N–H and O–H groups in total. The van der Waals surface area contributed by atoms with Gasteiger partial charge in [0.2, 0.25) is 0 Å². The molecule has 0 amide bonds. The lowest BCUT2D eigenvalue weighted by Crippen LogP contribution is -2.64. The number of nitrogens with zero attached hydrogens (tertiary/aromatic N) is 2. The minimum absolute atomic E-state index is 0.350. The van der Waals surface area contributed by atoms with Crippen molar-refractivity contribution in [3.63, 3.8) is 0 Å². The van der Waals surface area contributed by atoms with Crippen LogP contribution in [0.1, 0.15) is 20.8 Å². The number of hydrogen-bond donors (Lipinski definition) is 0. The summed E-state index contributed by atoms with van der Waals surface area (Å²) in [6.45, 7) is 13.6. The molecule has 0 aliphatic carbocycles. The summed E-state index contributed by atoms with van der Waals surface area (Å²) < 4.78 is 5.31. The van der Waals surface area contributed by atoms with Crippen molar-refractivity contribution in [3.05, 3.63) is 0 Å². The van der Waals surface area contributed by atoms with E-state index in [1.165, 1.54) is 26.2 Å². The Morgan fingerprint density at radius 3 is 2.00 bits per heavy atom. The second-order valence-electron chi connectivity index (χ2n) is 5.11. The molecule has 82 valence electrons. The molecule has 2 heterocycles. The van der Waals surface area contributed by atoms with E-state index in [0.717, 1.165) is 13.2 Å². The first-order valence-electron chi connectivity index (χ1n) is 5.69. The van der Waals surface area contributed by atoms with E-state index in [9.17, 15) is 0 Å². The Kier molecular flexibility index (Phi) is 2.82. The van der Waals surface area contributed by atoms with E-state index >= 15 is 0 Å². The van der Waals surface area contributed by atoms with Gasteiger partial charge in [0, 0.05) is 32.2 Å². The third-order valence-electron chi connectivity index (χ3n) is 3.63. The van der Waals surface area contributed by atoms with E-state index < -0.39 is 0 Å². The van der Waals surface area contributed by atoms with Crippen LogP contribution < -0.4 is 0 Å². The molecule has 0 aromatic heterocycles. The molecular weight excluding hydrogens is 176 g/mol. The zero-order valence-corrected chi connectivity index (χ0v) is 9.62. The summed E-state index contributed by atoms with van der Waals surface area (Å²) in [6, 6.07) is 0.697. The smallest absolute Gasteiger partial charge is 0.0671 e. The maximum absolute atomic E-state index is 5.31. The average Bonchev–Trinajstić information content (AvgIpc) is 2.14. The number of ether oxygens (including phenoxy) is 1. The summed E-state index contributed by atoms with van der Waals surface area (Å²) in [4.78, 5) is 5.15. The number of hydrogen-bond acceptors (Lipinski definition) is 3. The number of rotatable bonds is 2. The first kappa shape index (κ1) is 10.4. The van der Waals surface area contributed by atoms with E-state index in [1.807, 2.05) is 0 Å². The van der Waals surface area contributed by atoms with Crippen LogP contribution in [-0.2, 0) is 4.74 Å². The molecule has 0 unspecified atom stereocenters. The molecule has 2 aliphatic heterocycles. The van der Waals surface area contributed by atoms with Crippen molar-refractivity contribution < 1.29 is 4.74 Å². The van der Waals surface area contributed by atoms with Gasteiger partial charge in [0.05, 0.1) is 18.8 Å². The van der Waals surface area contributed by atoms with Crippen molar-refractivity contribution >= 4 is 0 Å². The number of piperazine rings is 1. The van der Waals surface area contributed by atoms with Crippen LogP contribution in [0.4, 0.5) is 0 Å². The van der Waals surface area contributed by atoms with Gasteiger partial charge in [0.25, 0.3) is 0 Å². The van der Waals surface area contributed by atoms with Gasteiger partial charge in [0.1, 0.15) is 0 Å². The highest BCUT2D eigenvalue weighted by Crippen LogP contribution is 2.25. The Balaban J connectivity index is 1.84. The van der Waals surface area contributed by atoms with Gasteiger partial charge in [-0.1, -0.05) is 0 Å². The fourth-order valence-electron chi connectivity index (χ4n) is 2.36. The quantitative estimate of drug-likeness (QED) is 0.653. The van der Waals surface area contributed by atoms with Gasteiger partial charge in [-0.3, -0.25) is 9.80 Å². The fourth-order valence-corrected chi connectivity index (χ4v) is 2.36. The molecule has 2 saturated heterocycles. The van der Waals surface area contributed by atoms with Crippen molar-refractivity contribution in [2.45, 2.75) is 32.4 Å². The largest absolute Gasteiger partial charge is 0.377 e. The van der Waals surface area contributed by atoms with Crippen molar-refractivity contribution in [3.8, 4) is 0 Å². The zero-order chi connectivity index (χ0) is 10.2. The molecule has 0 bridgehead atoms. The van der Waals surface area contributed by atoms with Gasteiger partial charge in [0.15, 0.2) is 0 Å². The van der Waals surface area contributed by atoms with Crippen LogP contribution in [0.25, 0.3) is 0 Å². The van der Waals surface area contributed by atoms with Crippen LogP contribution in [0.2, 0.25) is 0 Å². The SMILES string of the molecule is CC(C)N1CCN(C2(C)COC2)CC1. The summed E-state index contributed by atoms with van der Waals surface area (Å²) in [5, 5.41) is 0. The summed E-state index contributed by atoms with van der Waals surface area (Å²) in [5.74, 6) is 0. The lowest BCUT2D eigenvalue weighted by Gasteiger charge is -2.50. The Morgan fingerprint density at radius 1 is 1.07 bits per heavy atom. The van der Waals surface area contributed by atoms with Crippen molar-refractivity contribution in [2.24, 2.45) is 0 Å². The van der Waals surface area contributed by atoms with E-state index in [1.54, 1.807) is 0 Å². The van der Waals surface area contributed by atoms with Crippen LogP contribution in [0.5, 0.6) is 0 Å². The minimum atomic E-state index is 0.350. The summed E-state index contributed by atoms with van der Waals surface area (Å²) in [6.07, 6.45) is 0. The lowest BCUT2D eigenvalue weighted by atomic mass is 9.97. The second kappa shape index (κ2) is 3.80. The Morgan fingerprint density at radius 2 is 1.64 bits per heavy atom. The van der Waals surface area contributed by atoms with Gasteiger partial charge < -0.3 is 4.74 Å². The van der Waals surface area contributed by atoms with Crippen LogP contribution >= 0.6 is 0 Å². The van der Waals surface area contributed by atoms with Crippen molar-refractivity contribution in [2.75, 3.05) is 39.4 Å². The molecule has 0 atom stereocenters. The van der Waals surface area contributed by atoms with Crippen LogP contribution in [0.3, 0.4) is 0 Å². The lowest BCUT2D eigenvalue weighted by molar-refractivity contribution is -0.141. The van der Waals surface area contributed by atoms with E-state index in [4.69, 9.17) is 4.74 Å². The average molecular weight is 198 g/mol. The zero-order valence-electron chi connectivity index (χ0n) is 9.62. The summed E-state index contributed by atoms with van der Waals surface area (Å²) in [7, 11) is 0. The standard InChI is InChI=1S/C11H22N2O/c1-10(2)12-4-6-13(7-5-12)11(3)8-14-9-11/h10H,4-9H2,1-3H3. The molecule has 0 radical (unpaired) electrons. The van der Waals surface area contributed by atoms with Crippen LogP contribution in [0, 0.1) is 0 Å².